The summed E-state index contributed by atoms with van der Waals surface area (Å²) in [6, 6.07) is 19.7. The third kappa shape index (κ3) is 3.57. The van der Waals surface area contributed by atoms with E-state index in [1.807, 2.05) is 47.8 Å². The number of carbonyl (C=O) groups excluding carboxylic acids is 1. The minimum Gasteiger partial charge on any atom is -0.321 e. The van der Waals surface area contributed by atoms with Gasteiger partial charge in [-0.1, -0.05) is 12.1 Å². The number of benzene rings is 2. The monoisotopic (exact) mass is 416 g/mol. The highest BCUT2D eigenvalue weighted by molar-refractivity contribution is 7.21. The molecule has 0 fully saturated rings. The molecule has 0 radical (unpaired) electrons. The number of thiophene rings is 1. The van der Waals surface area contributed by atoms with Crippen LogP contribution in [0, 0.1) is 6.92 Å². The van der Waals surface area contributed by atoms with Crippen LogP contribution in [0.2, 0.25) is 0 Å². The van der Waals surface area contributed by atoms with Crippen molar-refractivity contribution >= 4 is 44.5 Å². The van der Waals surface area contributed by atoms with E-state index >= 15 is 0 Å². The molecule has 7 heteroatoms. The van der Waals surface area contributed by atoms with Crippen LogP contribution in [0.4, 0.5) is 5.69 Å². The van der Waals surface area contributed by atoms with Crippen LogP contribution in [0.1, 0.15) is 16.1 Å². The van der Waals surface area contributed by atoms with Crippen LogP contribution in [0.5, 0.6) is 0 Å². The molecule has 3 heterocycles. The van der Waals surface area contributed by atoms with Crippen molar-refractivity contribution in [1.29, 1.82) is 0 Å². The van der Waals surface area contributed by atoms with Gasteiger partial charge in [-0.2, -0.15) is 5.10 Å². The van der Waals surface area contributed by atoms with E-state index in [-0.39, 0.29) is 5.91 Å². The Bertz CT molecular complexity index is 1300. The number of fused-ring (bicyclic) bond motifs is 1. The van der Waals surface area contributed by atoms with E-state index in [2.05, 4.69) is 34.6 Å². The highest BCUT2D eigenvalue weighted by Crippen LogP contribution is 2.31. The fourth-order valence-electron chi connectivity index (χ4n) is 3.04. The van der Waals surface area contributed by atoms with Gasteiger partial charge in [0.05, 0.1) is 20.8 Å². The van der Waals surface area contributed by atoms with Gasteiger partial charge in [0.1, 0.15) is 5.01 Å². The smallest absolute Gasteiger partial charge is 0.276 e. The maximum absolute atomic E-state index is 12.5. The molecule has 5 aromatic rings. The first kappa shape index (κ1) is 17.8. The number of anilines is 1. The van der Waals surface area contributed by atoms with Crippen molar-refractivity contribution in [1.82, 2.24) is 15.2 Å². The summed E-state index contributed by atoms with van der Waals surface area (Å²) in [4.78, 5) is 18.3. The second-order valence-electron chi connectivity index (χ2n) is 6.67. The molecule has 142 valence electrons. The summed E-state index contributed by atoms with van der Waals surface area (Å²) in [6.07, 6.45) is 0. The van der Waals surface area contributed by atoms with Gasteiger partial charge < -0.3 is 5.32 Å². The summed E-state index contributed by atoms with van der Waals surface area (Å²) >= 11 is 3.27. The molecule has 0 aliphatic carbocycles. The minimum atomic E-state index is -0.243. The number of nitrogens with zero attached hydrogens (tertiary/aromatic N) is 2. The molecule has 29 heavy (non-hydrogen) atoms. The second kappa shape index (κ2) is 7.27. The number of hydrogen-bond donors (Lipinski definition) is 2. The van der Waals surface area contributed by atoms with E-state index in [0.29, 0.717) is 5.69 Å². The average molecular weight is 417 g/mol. The Morgan fingerprint density at radius 2 is 1.93 bits per heavy atom. The largest absolute Gasteiger partial charge is 0.321 e. The molecule has 0 bridgehead atoms. The summed E-state index contributed by atoms with van der Waals surface area (Å²) in [5.41, 5.74) is 5.18. The van der Waals surface area contributed by atoms with E-state index in [0.717, 1.165) is 32.3 Å². The first-order valence-corrected chi connectivity index (χ1v) is 10.7. The molecule has 3 aromatic heterocycles. The zero-order valence-corrected chi connectivity index (χ0v) is 17.1. The van der Waals surface area contributed by atoms with E-state index in [4.69, 9.17) is 4.98 Å². The van der Waals surface area contributed by atoms with Crippen LogP contribution in [0.25, 0.3) is 31.4 Å². The molecular formula is C22H16N4OS2. The Kier molecular flexibility index (Phi) is 4.46. The van der Waals surface area contributed by atoms with Crippen LogP contribution < -0.4 is 5.32 Å². The molecule has 0 aliphatic heterocycles. The molecule has 0 unspecified atom stereocenters. The van der Waals surface area contributed by atoms with Gasteiger partial charge in [0.15, 0.2) is 5.69 Å². The topological polar surface area (TPSA) is 70.7 Å². The van der Waals surface area contributed by atoms with Gasteiger partial charge in [0.2, 0.25) is 0 Å². The number of hydrogen-bond acceptors (Lipinski definition) is 5. The van der Waals surface area contributed by atoms with Crippen LogP contribution in [0.15, 0.2) is 66.0 Å². The van der Waals surface area contributed by atoms with Crippen molar-refractivity contribution in [3.8, 4) is 21.1 Å². The highest BCUT2D eigenvalue weighted by Gasteiger charge is 2.13. The summed E-state index contributed by atoms with van der Waals surface area (Å²) in [6.45, 7) is 2.08. The number of amides is 1. The van der Waals surface area contributed by atoms with Crippen molar-refractivity contribution < 1.29 is 4.79 Å². The van der Waals surface area contributed by atoms with Gasteiger partial charge in [-0.25, -0.2) is 4.98 Å². The number of aromatic nitrogens is 3. The number of H-pyrrole nitrogens is 1. The minimum absolute atomic E-state index is 0.243. The predicted molar refractivity (Wildman–Crippen MR) is 120 cm³/mol. The van der Waals surface area contributed by atoms with Crippen LogP contribution in [-0.2, 0) is 0 Å². The van der Waals surface area contributed by atoms with Crippen molar-refractivity contribution in [2.45, 2.75) is 6.92 Å². The Labute approximate surface area is 175 Å². The van der Waals surface area contributed by atoms with Crippen molar-refractivity contribution in [2.24, 2.45) is 0 Å². The average Bonchev–Trinajstić information content (AvgIpc) is 3.47. The lowest BCUT2D eigenvalue weighted by Gasteiger charge is -2.04. The Morgan fingerprint density at radius 1 is 1.07 bits per heavy atom. The zero-order valence-electron chi connectivity index (χ0n) is 15.5. The predicted octanol–water partition coefficient (Wildman–Crippen LogP) is 5.98. The van der Waals surface area contributed by atoms with Gasteiger partial charge >= 0.3 is 0 Å². The summed E-state index contributed by atoms with van der Waals surface area (Å²) in [5.74, 6) is -0.243. The molecule has 0 spiro atoms. The highest BCUT2D eigenvalue weighted by atomic mass is 32.1. The lowest BCUT2D eigenvalue weighted by molar-refractivity contribution is 0.102. The van der Waals surface area contributed by atoms with Gasteiger partial charge in [-0.05, 0) is 66.4 Å². The van der Waals surface area contributed by atoms with E-state index in [9.17, 15) is 4.79 Å². The quantitative estimate of drug-likeness (QED) is 0.379. The summed E-state index contributed by atoms with van der Waals surface area (Å²) in [7, 11) is 0. The van der Waals surface area contributed by atoms with Gasteiger partial charge in [-0.3, -0.25) is 9.89 Å². The number of rotatable bonds is 4. The van der Waals surface area contributed by atoms with Crippen molar-refractivity contribution in [3.05, 3.63) is 77.3 Å². The number of carbonyl (C=O) groups is 1. The number of thiazole rings is 1. The SMILES string of the molecule is Cc1ccc2nc(-c3ccc(NC(=O)c4cc(-c5cccs5)[nH]n4)cc3)sc2c1. The van der Waals surface area contributed by atoms with Gasteiger partial charge in [-0.15, -0.1) is 22.7 Å². The lowest BCUT2D eigenvalue weighted by atomic mass is 10.2. The molecule has 0 saturated carbocycles. The van der Waals surface area contributed by atoms with Gasteiger partial charge in [0, 0.05) is 11.3 Å². The lowest BCUT2D eigenvalue weighted by Crippen LogP contribution is -2.12. The number of nitrogens with one attached hydrogen (secondary N) is 2. The third-order valence-electron chi connectivity index (χ3n) is 4.53. The first-order chi connectivity index (χ1) is 14.2. The second-order valence-corrected chi connectivity index (χ2v) is 8.64. The first-order valence-electron chi connectivity index (χ1n) is 9.04. The van der Waals surface area contributed by atoms with Crippen LogP contribution >= 0.6 is 22.7 Å². The number of aromatic amines is 1. The maximum Gasteiger partial charge on any atom is 0.276 e. The molecular weight excluding hydrogens is 400 g/mol. The standard InChI is InChI=1S/C22H16N4OS2/c1-13-4-9-16-20(11-13)29-22(24-16)14-5-7-15(8-6-14)23-21(27)18-12-17(25-26-18)19-3-2-10-28-19/h2-12H,1H3,(H,23,27)(H,25,26). The molecule has 5 nitrogen and oxygen atoms in total. The van der Waals surface area contributed by atoms with E-state index in [1.54, 1.807) is 28.7 Å². The Morgan fingerprint density at radius 3 is 2.72 bits per heavy atom. The summed E-state index contributed by atoms with van der Waals surface area (Å²) in [5, 5.41) is 12.9. The Hall–Kier alpha value is -3.29. The molecule has 1 amide bonds. The van der Waals surface area contributed by atoms with Gasteiger partial charge in [0.25, 0.3) is 5.91 Å². The third-order valence-corrected chi connectivity index (χ3v) is 6.50. The van der Waals surface area contributed by atoms with E-state index < -0.39 is 0 Å². The molecule has 2 N–H and O–H groups in total. The van der Waals surface area contributed by atoms with E-state index in [1.165, 1.54) is 10.3 Å². The molecule has 0 aliphatic rings. The van der Waals surface area contributed by atoms with Crippen LogP contribution in [-0.4, -0.2) is 21.1 Å². The van der Waals surface area contributed by atoms with Crippen molar-refractivity contribution in [2.75, 3.05) is 5.32 Å². The van der Waals surface area contributed by atoms with Crippen molar-refractivity contribution in [3.63, 3.8) is 0 Å². The fourth-order valence-corrected chi connectivity index (χ4v) is 4.80. The number of aryl methyl sites for hydroxylation is 1. The Balaban J connectivity index is 1.33. The zero-order chi connectivity index (χ0) is 19.8. The molecule has 2 aromatic carbocycles. The molecule has 0 atom stereocenters. The molecule has 0 saturated heterocycles. The molecule has 5 rings (SSSR count). The van der Waals surface area contributed by atoms with Crippen LogP contribution in [0.3, 0.4) is 0 Å². The maximum atomic E-state index is 12.5. The normalized spacial score (nSPS) is 11.1. The fraction of sp³-hybridized carbons (Fsp3) is 0.0455. The summed E-state index contributed by atoms with van der Waals surface area (Å²) < 4.78 is 1.18.